The molecule has 0 heterocycles. The van der Waals surface area contributed by atoms with Gasteiger partial charge >= 0.3 is 5.97 Å². The number of rotatable bonds is 3. The van der Waals surface area contributed by atoms with Gasteiger partial charge in [-0.15, -0.1) is 0 Å². The Morgan fingerprint density at radius 1 is 1.26 bits per heavy atom. The molecule has 122 valence electrons. The summed E-state index contributed by atoms with van der Waals surface area (Å²) in [6.45, 7) is 0.484. The zero-order chi connectivity index (χ0) is 16.0. The Labute approximate surface area is 140 Å². The molecule has 2 bridgehead atoms. The maximum atomic E-state index is 13.7. The number of fused-ring (bicyclic) bond motifs is 4. The number of hydrogen-bond acceptors (Lipinski definition) is 2. The smallest absolute Gasteiger partial charge is 0.338 e. The zero-order valence-corrected chi connectivity index (χ0v) is 13.8. The van der Waals surface area contributed by atoms with Crippen molar-refractivity contribution in [2.45, 2.75) is 44.9 Å². The van der Waals surface area contributed by atoms with E-state index in [1.807, 2.05) is 0 Å². The average molecular weight is 335 g/mol. The molecule has 5 rings (SSSR count). The van der Waals surface area contributed by atoms with Crippen molar-refractivity contribution in [3.8, 4) is 0 Å². The van der Waals surface area contributed by atoms with E-state index in [4.69, 9.17) is 16.3 Å². The van der Waals surface area contributed by atoms with E-state index in [9.17, 15) is 9.18 Å². The molecule has 0 atom stereocenters. The summed E-state index contributed by atoms with van der Waals surface area (Å²) in [6.07, 6.45) is 9.68. The van der Waals surface area contributed by atoms with Crippen molar-refractivity contribution in [3.63, 3.8) is 0 Å². The number of carbonyl (C=O) groups is 1. The van der Waals surface area contributed by atoms with Crippen molar-refractivity contribution >= 4 is 23.1 Å². The molecule has 2 nitrogen and oxygen atoms in total. The molecule has 4 aliphatic carbocycles. The van der Waals surface area contributed by atoms with Gasteiger partial charge in [0.1, 0.15) is 5.82 Å². The van der Waals surface area contributed by atoms with Gasteiger partial charge in [-0.05, 0) is 62.5 Å². The van der Waals surface area contributed by atoms with Gasteiger partial charge in [0, 0.05) is 11.0 Å². The fourth-order valence-electron chi connectivity index (χ4n) is 4.40. The third kappa shape index (κ3) is 2.59. The van der Waals surface area contributed by atoms with Crippen LogP contribution in [-0.4, -0.2) is 12.6 Å². The average Bonchev–Trinajstić information content (AvgIpc) is 3.03. The van der Waals surface area contributed by atoms with Gasteiger partial charge in [0.25, 0.3) is 0 Å². The van der Waals surface area contributed by atoms with E-state index >= 15 is 0 Å². The predicted octanol–water partition coefficient (Wildman–Crippen LogP) is 4.93. The minimum Gasteiger partial charge on any atom is -0.461 e. The van der Waals surface area contributed by atoms with Crippen molar-refractivity contribution in [3.05, 3.63) is 40.2 Å². The van der Waals surface area contributed by atoms with Crippen molar-refractivity contribution in [1.29, 1.82) is 0 Å². The number of hydrogen-bond donors (Lipinski definition) is 0. The van der Waals surface area contributed by atoms with Gasteiger partial charge in [-0.3, -0.25) is 0 Å². The van der Waals surface area contributed by atoms with Crippen LogP contribution in [0.25, 0.3) is 5.57 Å². The summed E-state index contributed by atoms with van der Waals surface area (Å²) in [7, 11) is 0. The monoisotopic (exact) mass is 334 g/mol. The van der Waals surface area contributed by atoms with Gasteiger partial charge in [0.2, 0.25) is 0 Å². The molecule has 23 heavy (non-hydrogen) atoms. The zero-order valence-electron chi connectivity index (χ0n) is 13.0. The summed E-state index contributed by atoms with van der Waals surface area (Å²) in [5.41, 5.74) is 2.00. The molecular weight excluding hydrogens is 315 g/mol. The number of ether oxygens (including phenoxy) is 1. The fourth-order valence-corrected chi connectivity index (χ4v) is 4.69. The number of esters is 1. The van der Waals surface area contributed by atoms with E-state index < -0.39 is 5.82 Å². The van der Waals surface area contributed by atoms with Crippen LogP contribution in [0.15, 0.2) is 18.2 Å². The summed E-state index contributed by atoms with van der Waals surface area (Å²) in [5.74, 6) is 0.0345. The van der Waals surface area contributed by atoms with Gasteiger partial charge in [0.05, 0.1) is 17.2 Å². The van der Waals surface area contributed by atoms with Crippen LogP contribution in [0.3, 0.4) is 0 Å². The van der Waals surface area contributed by atoms with Crippen LogP contribution >= 0.6 is 11.6 Å². The second kappa shape index (κ2) is 5.62. The van der Waals surface area contributed by atoms with Gasteiger partial charge in [-0.1, -0.05) is 23.7 Å². The Balaban J connectivity index is 1.48. The fraction of sp³-hybridized carbons (Fsp3) is 0.526. The molecule has 0 aromatic heterocycles. The van der Waals surface area contributed by atoms with Crippen molar-refractivity contribution in [2.75, 3.05) is 6.61 Å². The normalized spacial score (nSPS) is 28.4. The molecule has 3 saturated carbocycles. The lowest BCUT2D eigenvalue weighted by molar-refractivity contribution is -0.142. The Morgan fingerprint density at radius 2 is 1.96 bits per heavy atom. The standard InChI is InChI=1S/C19H20ClFO2/c20-17-15(21)4-2-13-1-3-14(16(13)17)18(22)23-11-19-8-5-12(6-9-19)7-10-19/h2-4,12H,1,5-11H2. The molecule has 4 heteroatoms. The highest BCUT2D eigenvalue weighted by molar-refractivity contribution is 6.35. The largest absolute Gasteiger partial charge is 0.461 e. The summed E-state index contributed by atoms with van der Waals surface area (Å²) in [6, 6.07) is 3.04. The summed E-state index contributed by atoms with van der Waals surface area (Å²) < 4.78 is 19.3. The molecule has 0 aliphatic heterocycles. The Morgan fingerprint density at radius 3 is 2.65 bits per heavy atom. The first-order valence-electron chi connectivity index (χ1n) is 8.43. The first-order chi connectivity index (χ1) is 11.1. The van der Waals surface area contributed by atoms with E-state index in [-0.39, 0.29) is 16.4 Å². The Hall–Kier alpha value is -1.35. The first kappa shape index (κ1) is 15.2. The minimum absolute atomic E-state index is 0.0273. The van der Waals surface area contributed by atoms with E-state index in [0.717, 1.165) is 30.7 Å². The molecule has 0 saturated heterocycles. The first-order valence-corrected chi connectivity index (χ1v) is 8.80. The summed E-state index contributed by atoms with van der Waals surface area (Å²) in [5, 5.41) is 0.0273. The second-order valence-corrected chi connectivity index (χ2v) is 7.65. The molecule has 1 aromatic carbocycles. The van der Waals surface area contributed by atoms with Crippen molar-refractivity contribution in [2.24, 2.45) is 11.3 Å². The Bertz CT molecular complexity index is 673. The van der Waals surface area contributed by atoms with Crippen LogP contribution in [-0.2, 0) is 16.0 Å². The third-order valence-corrected chi connectivity index (χ3v) is 6.32. The molecule has 4 aliphatic rings. The Kier molecular flexibility index (Phi) is 3.72. The number of benzene rings is 1. The van der Waals surface area contributed by atoms with E-state index in [1.165, 1.54) is 25.3 Å². The molecule has 3 fully saturated rings. The van der Waals surface area contributed by atoms with Crippen LogP contribution in [0.2, 0.25) is 5.02 Å². The SMILES string of the molecule is O=C(OCC12CCC(CC1)CC2)C1=CCc2ccc(F)c(Cl)c21. The highest BCUT2D eigenvalue weighted by atomic mass is 35.5. The maximum Gasteiger partial charge on any atom is 0.338 e. The topological polar surface area (TPSA) is 26.3 Å². The lowest BCUT2D eigenvalue weighted by Crippen LogP contribution is -2.38. The molecule has 1 aromatic rings. The van der Waals surface area contributed by atoms with Gasteiger partial charge in [-0.2, -0.15) is 0 Å². The molecule has 0 radical (unpaired) electrons. The quantitative estimate of drug-likeness (QED) is 0.732. The van der Waals surface area contributed by atoms with Crippen molar-refractivity contribution < 1.29 is 13.9 Å². The maximum absolute atomic E-state index is 13.7. The van der Waals surface area contributed by atoms with Gasteiger partial charge in [-0.25, -0.2) is 9.18 Å². The van der Waals surface area contributed by atoms with Crippen LogP contribution in [0.1, 0.15) is 49.7 Å². The van der Waals surface area contributed by atoms with E-state index in [0.29, 0.717) is 24.2 Å². The summed E-state index contributed by atoms with van der Waals surface area (Å²) >= 11 is 6.06. The molecule has 0 amide bonds. The molecule has 0 N–H and O–H groups in total. The highest BCUT2D eigenvalue weighted by Gasteiger charge is 2.41. The van der Waals surface area contributed by atoms with Crippen molar-refractivity contribution in [1.82, 2.24) is 0 Å². The van der Waals surface area contributed by atoms with Crippen LogP contribution in [0, 0.1) is 17.2 Å². The predicted molar refractivity (Wildman–Crippen MR) is 87.7 cm³/mol. The van der Waals surface area contributed by atoms with E-state index in [1.54, 1.807) is 12.1 Å². The molecule has 0 unspecified atom stereocenters. The summed E-state index contributed by atoms with van der Waals surface area (Å²) in [4.78, 5) is 12.5. The lowest BCUT2D eigenvalue weighted by atomic mass is 9.61. The van der Waals surface area contributed by atoms with Crippen LogP contribution in [0.5, 0.6) is 0 Å². The van der Waals surface area contributed by atoms with Crippen LogP contribution < -0.4 is 0 Å². The lowest BCUT2D eigenvalue weighted by Gasteiger charge is -2.46. The molecular formula is C19H20ClFO2. The van der Waals surface area contributed by atoms with E-state index in [2.05, 4.69) is 0 Å². The minimum atomic E-state index is -0.491. The van der Waals surface area contributed by atoms with Gasteiger partial charge < -0.3 is 4.74 Å². The second-order valence-electron chi connectivity index (χ2n) is 7.28. The third-order valence-electron chi connectivity index (χ3n) is 5.95. The van der Waals surface area contributed by atoms with Gasteiger partial charge in [0.15, 0.2) is 0 Å². The number of allylic oxidation sites excluding steroid dienone is 1. The number of carbonyl (C=O) groups excluding carboxylic acids is 1. The number of halogens is 2. The van der Waals surface area contributed by atoms with Crippen LogP contribution in [0.4, 0.5) is 4.39 Å². The highest BCUT2D eigenvalue weighted by Crippen LogP contribution is 2.50. The molecule has 0 spiro atoms.